The maximum absolute atomic E-state index is 12.7. The predicted octanol–water partition coefficient (Wildman–Crippen LogP) is 4.08. The quantitative estimate of drug-likeness (QED) is 0.842. The summed E-state index contributed by atoms with van der Waals surface area (Å²) in [5.74, 6) is -0.621. The second-order valence-corrected chi connectivity index (χ2v) is 5.17. The van der Waals surface area contributed by atoms with Gasteiger partial charge in [-0.25, -0.2) is 0 Å². The van der Waals surface area contributed by atoms with E-state index in [9.17, 15) is 9.90 Å². The Morgan fingerprint density at radius 2 is 1.70 bits per heavy atom. The van der Waals surface area contributed by atoms with Crippen molar-refractivity contribution in [3.05, 3.63) is 70.7 Å². The van der Waals surface area contributed by atoms with Crippen LogP contribution in [0.1, 0.15) is 35.2 Å². The van der Waals surface area contributed by atoms with Crippen LogP contribution >= 0.6 is 11.6 Å². The fourth-order valence-electron chi connectivity index (χ4n) is 2.24. The Hall–Kier alpha value is -1.64. The van der Waals surface area contributed by atoms with Crippen molar-refractivity contribution in [1.82, 2.24) is 0 Å². The zero-order valence-electron chi connectivity index (χ0n) is 11.3. The molecular formula is C17H17ClO2. The van der Waals surface area contributed by atoms with Gasteiger partial charge in [-0.3, -0.25) is 4.79 Å². The minimum Gasteiger partial charge on any atom is -0.392 e. The number of rotatable bonds is 5. The third-order valence-electron chi connectivity index (χ3n) is 3.37. The number of ketones is 1. The van der Waals surface area contributed by atoms with E-state index in [1.54, 1.807) is 24.3 Å². The van der Waals surface area contributed by atoms with E-state index < -0.39 is 12.0 Å². The van der Waals surface area contributed by atoms with Crippen molar-refractivity contribution in [1.29, 1.82) is 0 Å². The van der Waals surface area contributed by atoms with Crippen LogP contribution in [0.2, 0.25) is 5.02 Å². The highest BCUT2D eigenvalue weighted by Gasteiger charge is 2.28. The molecule has 0 aliphatic rings. The molecule has 0 amide bonds. The number of aliphatic hydroxyl groups is 1. The molecule has 2 unspecified atom stereocenters. The zero-order valence-corrected chi connectivity index (χ0v) is 12.0. The van der Waals surface area contributed by atoms with Gasteiger partial charge in [-0.1, -0.05) is 48.9 Å². The second-order valence-electron chi connectivity index (χ2n) is 4.74. The first-order valence-electron chi connectivity index (χ1n) is 6.66. The molecule has 1 N–H and O–H groups in total. The number of halogens is 1. The molecule has 2 atom stereocenters. The number of carbonyl (C=O) groups is 1. The molecule has 2 aromatic carbocycles. The topological polar surface area (TPSA) is 37.3 Å². The van der Waals surface area contributed by atoms with E-state index in [2.05, 4.69) is 0 Å². The molecule has 0 radical (unpaired) electrons. The lowest BCUT2D eigenvalue weighted by molar-refractivity contribution is 0.0803. The van der Waals surface area contributed by atoms with Crippen molar-refractivity contribution in [2.24, 2.45) is 0 Å². The molecule has 2 aromatic rings. The Bertz CT molecular complexity index is 563. The lowest BCUT2D eigenvalue weighted by atomic mass is 9.85. The van der Waals surface area contributed by atoms with E-state index in [-0.39, 0.29) is 5.78 Å². The van der Waals surface area contributed by atoms with Crippen molar-refractivity contribution >= 4 is 17.4 Å². The fraction of sp³-hybridized carbons (Fsp3) is 0.235. The summed E-state index contributed by atoms with van der Waals surface area (Å²) in [5.41, 5.74) is 1.40. The lowest BCUT2D eigenvalue weighted by Gasteiger charge is -2.21. The first-order chi connectivity index (χ1) is 9.63. The molecule has 0 saturated heterocycles. The third kappa shape index (κ3) is 3.27. The molecule has 20 heavy (non-hydrogen) atoms. The van der Waals surface area contributed by atoms with Gasteiger partial charge in [0.1, 0.15) is 0 Å². The molecule has 0 spiro atoms. The standard InChI is InChI=1S/C17H17ClO2/c1-2-15(19)16(12-6-4-3-5-7-12)17(20)13-8-10-14(18)11-9-13/h3-11,15-16,19H,2H2,1H3. The smallest absolute Gasteiger partial charge is 0.172 e. The third-order valence-corrected chi connectivity index (χ3v) is 3.62. The number of carbonyl (C=O) groups excluding carboxylic acids is 1. The van der Waals surface area contributed by atoms with Crippen molar-refractivity contribution < 1.29 is 9.90 Å². The van der Waals surface area contributed by atoms with Gasteiger partial charge in [-0.2, -0.15) is 0 Å². The molecule has 3 heteroatoms. The largest absolute Gasteiger partial charge is 0.392 e. The van der Waals surface area contributed by atoms with Crippen molar-refractivity contribution in [3.8, 4) is 0 Å². The van der Waals surface area contributed by atoms with Crippen molar-refractivity contribution in [2.45, 2.75) is 25.4 Å². The number of hydrogen-bond acceptors (Lipinski definition) is 2. The molecule has 104 valence electrons. The van der Waals surface area contributed by atoms with E-state index in [0.717, 1.165) is 5.56 Å². The number of aliphatic hydroxyl groups excluding tert-OH is 1. The van der Waals surface area contributed by atoms with Crippen LogP contribution in [0.25, 0.3) is 0 Å². The summed E-state index contributed by atoms with van der Waals surface area (Å²) in [4.78, 5) is 12.7. The minimum atomic E-state index is -0.694. The molecule has 0 aliphatic heterocycles. The van der Waals surface area contributed by atoms with Gasteiger partial charge >= 0.3 is 0 Å². The summed E-state index contributed by atoms with van der Waals surface area (Å²) >= 11 is 5.84. The van der Waals surface area contributed by atoms with Gasteiger partial charge in [0, 0.05) is 10.6 Å². The summed E-state index contributed by atoms with van der Waals surface area (Å²) in [6.07, 6.45) is -0.167. The monoisotopic (exact) mass is 288 g/mol. The number of hydrogen-bond donors (Lipinski definition) is 1. The van der Waals surface area contributed by atoms with Crippen LogP contribution in [0.3, 0.4) is 0 Å². The van der Waals surface area contributed by atoms with Crippen LogP contribution < -0.4 is 0 Å². The molecule has 2 nitrogen and oxygen atoms in total. The average Bonchev–Trinajstić information content (AvgIpc) is 2.49. The average molecular weight is 289 g/mol. The molecule has 2 rings (SSSR count). The Kier molecular flexibility index (Phi) is 4.94. The molecule has 0 aromatic heterocycles. The Morgan fingerprint density at radius 1 is 1.10 bits per heavy atom. The Morgan fingerprint density at radius 3 is 2.25 bits per heavy atom. The molecular weight excluding hydrogens is 272 g/mol. The van der Waals surface area contributed by atoms with Crippen LogP contribution in [0.5, 0.6) is 0 Å². The van der Waals surface area contributed by atoms with Gasteiger partial charge in [0.05, 0.1) is 12.0 Å². The highest BCUT2D eigenvalue weighted by Crippen LogP contribution is 2.26. The molecule has 0 aliphatic carbocycles. The van der Waals surface area contributed by atoms with Gasteiger partial charge in [0.15, 0.2) is 5.78 Å². The zero-order chi connectivity index (χ0) is 14.5. The summed E-state index contributed by atoms with van der Waals surface area (Å²) in [6, 6.07) is 16.2. The summed E-state index contributed by atoms with van der Waals surface area (Å²) in [7, 11) is 0. The minimum absolute atomic E-state index is 0.0813. The maximum Gasteiger partial charge on any atom is 0.172 e. The molecule has 0 fully saturated rings. The molecule has 0 heterocycles. The molecule has 0 saturated carbocycles. The van der Waals surface area contributed by atoms with E-state index in [1.807, 2.05) is 37.3 Å². The SMILES string of the molecule is CCC(O)C(C(=O)c1ccc(Cl)cc1)c1ccccc1. The Balaban J connectivity index is 2.36. The van der Waals surface area contributed by atoms with Gasteiger partial charge in [0.25, 0.3) is 0 Å². The van der Waals surface area contributed by atoms with Gasteiger partial charge in [-0.15, -0.1) is 0 Å². The van der Waals surface area contributed by atoms with Crippen molar-refractivity contribution in [2.75, 3.05) is 0 Å². The second kappa shape index (κ2) is 6.69. The van der Waals surface area contributed by atoms with Crippen LogP contribution in [0.4, 0.5) is 0 Å². The predicted molar refractivity (Wildman–Crippen MR) is 81.3 cm³/mol. The summed E-state index contributed by atoms with van der Waals surface area (Å²) in [6.45, 7) is 1.87. The lowest BCUT2D eigenvalue weighted by Crippen LogP contribution is -2.25. The number of benzene rings is 2. The normalized spacial score (nSPS) is 13.8. The van der Waals surface area contributed by atoms with Gasteiger partial charge in [-0.05, 0) is 36.2 Å². The highest BCUT2D eigenvalue weighted by atomic mass is 35.5. The van der Waals surface area contributed by atoms with E-state index in [0.29, 0.717) is 17.0 Å². The van der Waals surface area contributed by atoms with Crippen LogP contribution in [0, 0.1) is 0 Å². The van der Waals surface area contributed by atoms with Gasteiger partial charge < -0.3 is 5.11 Å². The van der Waals surface area contributed by atoms with Gasteiger partial charge in [0.2, 0.25) is 0 Å². The summed E-state index contributed by atoms with van der Waals surface area (Å²) in [5, 5.41) is 10.8. The first kappa shape index (κ1) is 14.8. The van der Waals surface area contributed by atoms with Crippen LogP contribution in [-0.2, 0) is 0 Å². The van der Waals surface area contributed by atoms with Crippen LogP contribution in [0.15, 0.2) is 54.6 Å². The number of Topliss-reactive ketones (excluding diaryl/α,β-unsaturated/α-hetero) is 1. The van der Waals surface area contributed by atoms with E-state index in [1.165, 1.54) is 0 Å². The first-order valence-corrected chi connectivity index (χ1v) is 7.04. The molecule has 0 bridgehead atoms. The fourth-order valence-corrected chi connectivity index (χ4v) is 2.36. The maximum atomic E-state index is 12.7. The van der Waals surface area contributed by atoms with E-state index in [4.69, 9.17) is 11.6 Å². The van der Waals surface area contributed by atoms with Crippen LogP contribution in [-0.4, -0.2) is 17.0 Å². The highest BCUT2D eigenvalue weighted by molar-refractivity contribution is 6.30. The van der Waals surface area contributed by atoms with E-state index >= 15 is 0 Å². The Labute approximate surface area is 124 Å². The van der Waals surface area contributed by atoms with Crippen molar-refractivity contribution in [3.63, 3.8) is 0 Å². The summed E-state index contributed by atoms with van der Waals surface area (Å²) < 4.78 is 0.